The average molecular weight is 1780 g/mol. The Morgan fingerprint density at radius 3 is 0.200 bits per heavy atom. The van der Waals surface area contributed by atoms with Crippen LogP contribution in [0.1, 0.15) is 106 Å². The molecule has 0 fully saturated rings. The third-order valence-electron chi connectivity index (χ3n) is 18.2. The number of benzene rings is 19. The molecule has 0 saturated carbocycles. The lowest BCUT2D eigenvalue weighted by atomic mass is 10.2. The molecule has 0 radical (unpaired) electrons. The second kappa shape index (κ2) is 85.9. The van der Waals surface area contributed by atoms with Gasteiger partial charge in [0.1, 0.15) is 0 Å². The van der Waals surface area contributed by atoms with Crippen molar-refractivity contribution < 1.29 is 5.11 Å². The minimum atomic E-state index is 0.240. The van der Waals surface area contributed by atoms with Crippen LogP contribution in [0.25, 0.3) is 0 Å². The molecule has 696 valence electrons. The molecule has 1 heteroatoms. The summed E-state index contributed by atoms with van der Waals surface area (Å²) in [6.07, 6.45) is 0.765. The Hall–Kier alpha value is -14.9. The van der Waals surface area contributed by atoms with Gasteiger partial charge in [-0.2, -0.15) is 0 Å². The van der Waals surface area contributed by atoms with E-state index in [4.69, 9.17) is 5.11 Å². The number of aliphatic hydroxyl groups is 1. The molecular weight excluding hydrogens is 1630 g/mol. The summed E-state index contributed by atoms with van der Waals surface area (Å²) < 4.78 is 0. The van der Waals surface area contributed by atoms with Gasteiger partial charge in [0.05, 0.1) is 0 Å². The fourth-order valence-corrected chi connectivity index (χ4v) is 10.4. The number of hydrogen-bond acceptors (Lipinski definition) is 1. The average Bonchev–Trinajstić information content (AvgIpc) is 0.965. The molecule has 0 heterocycles. The quantitative estimate of drug-likeness (QED) is 0.183. The Bertz CT molecular complexity index is 4140. The molecule has 0 amide bonds. The molecule has 19 rings (SSSR count). The third kappa shape index (κ3) is 83.2. The molecule has 19 aromatic carbocycles. The number of aryl methyl sites for hydroxylation is 18. The molecule has 135 heavy (non-hydrogen) atoms. The molecule has 1 nitrogen and oxygen atoms in total. The normalized spacial score (nSPS) is 8.76. The van der Waals surface area contributed by atoms with Crippen LogP contribution in [0.15, 0.2) is 576 Å². The van der Waals surface area contributed by atoms with Crippen molar-refractivity contribution in [3.05, 3.63) is 682 Å². The fourth-order valence-electron chi connectivity index (χ4n) is 10.4. The predicted octanol–water partition coefficient (Wildman–Crippen LogP) is 37.1. The molecule has 0 aromatic heterocycles. The van der Waals surface area contributed by atoms with Crippen molar-refractivity contribution in [1.82, 2.24) is 0 Å². The standard InChI is InChI=1S/C8H10O.18C7H8/c9-7-6-8-4-2-1-3-5-8;18*1-7-5-3-2-4-6-7/h1-5,9H,6-7H2;18*2-6H,1H3. The zero-order valence-electron chi connectivity index (χ0n) is 84.2. The highest BCUT2D eigenvalue weighted by Gasteiger charge is 1.87. The summed E-state index contributed by atoms with van der Waals surface area (Å²) in [5, 5.41) is 8.52. The van der Waals surface area contributed by atoms with E-state index in [1.807, 2.05) is 358 Å². The minimum absolute atomic E-state index is 0.240. The van der Waals surface area contributed by atoms with Gasteiger partial charge in [0, 0.05) is 6.61 Å². The van der Waals surface area contributed by atoms with Gasteiger partial charge in [-0.15, -0.1) is 0 Å². The van der Waals surface area contributed by atoms with Crippen molar-refractivity contribution in [3.63, 3.8) is 0 Å². The van der Waals surface area contributed by atoms with E-state index in [9.17, 15) is 0 Å². The topological polar surface area (TPSA) is 20.2 Å². The van der Waals surface area contributed by atoms with Crippen LogP contribution in [-0.2, 0) is 6.42 Å². The summed E-state index contributed by atoms with van der Waals surface area (Å²) in [6.45, 7) is 37.7. The molecule has 1 N–H and O–H groups in total. The van der Waals surface area contributed by atoms with Gasteiger partial charge in [-0.1, -0.05) is 676 Å². The summed E-state index contributed by atoms with van der Waals surface area (Å²) in [6, 6.07) is 195. The van der Waals surface area contributed by atoms with Crippen molar-refractivity contribution in [3.8, 4) is 0 Å². The van der Waals surface area contributed by atoms with Crippen LogP contribution in [0.3, 0.4) is 0 Å². The summed E-state index contributed by atoms with van der Waals surface area (Å²) in [7, 11) is 0. The number of hydrogen-bond donors (Lipinski definition) is 1. The Balaban J connectivity index is 0.000000713. The van der Waals surface area contributed by atoms with Crippen LogP contribution >= 0.6 is 0 Å². The monoisotopic (exact) mass is 1780 g/mol. The Morgan fingerprint density at radius 1 is 0.0963 bits per heavy atom. The lowest BCUT2D eigenvalue weighted by molar-refractivity contribution is 0.299. The third-order valence-corrected chi connectivity index (χ3v) is 18.2. The lowest BCUT2D eigenvalue weighted by Gasteiger charge is -1.93. The molecule has 0 spiro atoms. The largest absolute Gasteiger partial charge is 0.396 e. The first kappa shape index (κ1) is 118. The van der Waals surface area contributed by atoms with Gasteiger partial charge in [-0.05, 0) is 137 Å². The summed E-state index contributed by atoms with van der Waals surface area (Å²) >= 11 is 0. The van der Waals surface area contributed by atoms with Crippen molar-refractivity contribution in [2.75, 3.05) is 6.61 Å². The van der Waals surface area contributed by atoms with Crippen molar-refractivity contribution >= 4 is 0 Å². The van der Waals surface area contributed by atoms with E-state index < -0.39 is 0 Å². The van der Waals surface area contributed by atoms with E-state index in [1.54, 1.807) is 0 Å². The van der Waals surface area contributed by atoms with E-state index in [0.717, 1.165) is 6.42 Å². The molecule has 19 aromatic rings. The molecule has 0 atom stereocenters. The predicted molar refractivity (Wildman–Crippen MR) is 598 cm³/mol. The second-order valence-electron chi connectivity index (χ2n) is 31.7. The molecule has 0 unspecified atom stereocenters. The molecule has 0 aliphatic heterocycles. The summed E-state index contributed by atoms with van der Waals surface area (Å²) in [5.41, 5.74) is 25.0. The Labute approximate surface area is 819 Å². The van der Waals surface area contributed by atoms with Gasteiger partial charge < -0.3 is 5.11 Å². The van der Waals surface area contributed by atoms with Crippen LogP contribution in [0.2, 0.25) is 0 Å². The lowest BCUT2D eigenvalue weighted by Crippen LogP contribution is -1.88. The van der Waals surface area contributed by atoms with Gasteiger partial charge in [-0.25, -0.2) is 0 Å². The van der Waals surface area contributed by atoms with Crippen LogP contribution < -0.4 is 0 Å². The van der Waals surface area contributed by atoms with Gasteiger partial charge >= 0.3 is 0 Å². The van der Waals surface area contributed by atoms with Crippen LogP contribution in [0, 0.1) is 125 Å². The zero-order chi connectivity index (χ0) is 98.6. The maximum atomic E-state index is 8.52. The molecule has 0 aliphatic carbocycles. The zero-order valence-corrected chi connectivity index (χ0v) is 84.2. The van der Waals surface area contributed by atoms with Crippen LogP contribution in [0.4, 0.5) is 0 Å². The van der Waals surface area contributed by atoms with E-state index in [2.05, 4.69) is 343 Å². The van der Waals surface area contributed by atoms with Crippen LogP contribution in [0.5, 0.6) is 0 Å². The summed E-state index contributed by atoms with van der Waals surface area (Å²) in [4.78, 5) is 0. The minimum Gasteiger partial charge on any atom is -0.396 e. The maximum absolute atomic E-state index is 8.52. The van der Waals surface area contributed by atoms with E-state index >= 15 is 0 Å². The first-order valence-corrected chi connectivity index (χ1v) is 46.5. The first-order valence-electron chi connectivity index (χ1n) is 46.5. The number of rotatable bonds is 2. The van der Waals surface area contributed by atoms with Crippen molar-refractivity contribution in [1.29, 1.82) is 0 Å². The van der Waals surface area contributed by atoms with E-state index in [-0.39, 0.29) is 6.61 Å². The van der Waals surface area contributed by atoms with Crippen LogP contribution in [-0.4, -0.2) is 11.7 Å². The molecule has 0 bridgehead atoms. The molecule has 0 aliphatic rings. The van der Waals surface area contributed by atoms with Crippen molar-refractivity contribution in [2.24, 2.45) is 0 Å². The van der Waals surface area contributed by atoms with Gasteiger partial charge in [0.2, 0.25) is 0 Å². The van der Waals surface area contributed by atoms with Gasteiger partial charge in [-0.3, -0.25) is 0 Å². The Kier molecular flexibility index (Phi) is 75.2. The number of aliphatic hydroxyl groups excluding tert-OH is 1. The first-order chi connectivity index (χ1) is 65.5. The van der Waals surface area contributed by atoms with Gasteiger partial charge in [0.25, 0.3) is 0 Å². The van der Waals surface area contributed by atoms with E-state index in [0.29, 0.717) is 0 Å². The van der Waals surface area contributed by atoms with Crippen molar-refractivity contribution in [2.45, 2.75) is 131 Å². The highest BCUT2D eigenvalue weighted by atomic mass is 16.3. The maximum Gasteiger partial charge on any atom is 0.0471 e. The summed E-state index contributed by atoms with van der Waals surface area (Å²) in [5.74, 6) is 0. The fraction of sp³-hybridized carbons (Fsp3) is 0.149. The molecule has 0 saturated heterocycles. The van der Waals surface area contributed by atoms with Gasteiger partial charge in [0.15, 0.2) is 0 Å². The van der Waals surface area contributed by atoms with E-state index in [1.165, 1.54) is 106 Å². The smallest absolute Gasteiger partial charge is 0.0471 e. The highest BCUT2D eigenvalue weighted by molar-refractivity contribution is 5.23. The Morgan fingerprint density at radius 2 is 0.156 bits per heavy atom. The second-order valence-corrected chi connectivity index (χ2v) is 31.7. The molecular formula is C134H154O. The SMILES string of the molecule is Cc1ccccc1.Cc1ccccc1.Cc1ccccc1.Cc1ccccc1.Cc1ccccc1.Cc1ccccc1.Cc1ccccc1.Cc1ccccc1.Cc1ccccc1.Cc1ccccc1.Cc1ccccc1.Cc1ccccc1.Cc1ccccc1.Cc1ccccc1.Cc1ccccc1.Cc1ccccc1.Cc1ccccc1.Cc1ccccc1.OCCc1ccccc1. The highest BCUT2D eigenvalue weighted by Crippen LogP contribution is 2.04.